The second-order valence-corrected chi connectivity index (χ2v) is 5.19. The van der Waals surface area contributed by atoms with Crippen LogP contribution in [0.15, 0.2) is 23.4 Å². The molecule has 2 rings (SSSR count). The molecule has 2 aromatic rings. The largest absolute Gasteiger partial charge is 0.210 e. The van der Waals surface area contributed by atoms with Crippen LogP contribution in [0.25, 0.3) is 11.1 Å². The fourth-order valence-electron chi connectivity index (χ4n) is 1.40. The lowest BCUT2D eigenvalue weighted by molar-refractivity contribution is 0.628. The van der Waals surface area contributed by atoms with Gasteiger partial charge in [0.15, 0.2) is 5.16 Å². The van der Waals surface area contributed by atoms with Crippen molar-refractivity contribution in [3.05, 3.63) is 39.3 Å². The number of halogens is 4. The molecule has 0 bridgehead atoms. The summed E-state index contributed by atoms with van der Waals surface area (Å²) in [5.74, 6) is -0.433. The predicted molar refractivity (Wildman–Crippen MR) is 74.2 cm³/mol. The molecule has 0 aliphatic heterocycles. The number of thioether (sulfide) groups is 1. The van der Waals surface area contributed by atoms with Crippen molar-refractivity contribution in [2.45, 2.75) is 5.16 Å². The van der Waals surface area contributed by atoms with Crippen molar-refractivity contribution < 1.29 is 4.39 Å². The zero-order chi connectivity index (χ0) is 13.3. The van der Waals surface area contributed by atoms with Gasteiger partial charge in [-0.05, 0) is 24.5 Å². The quantitative estimate of drug-likeness (QED) is 0.443. The fraction of sp³-hybridized carbons (Fsp3) is 0.0909. The molecule has 0 aliphatic rings. The standard InChI is InChI=1S/C11H6Cl3FN2S/c1-18-11-16-9(13)8(10(14)17-11)6-3-2-5(15)4-7(6)12/h2-4H,1H3. The molecule has 1 heterocycles. The number of rotatable bonds is 2. The summed E-state index contributed by atoms with van der Waals surface area (Å²) in [5, 5.41) is 1.05. The smallest absolute Gasteiger partial charge is 0.190 e. The number of nitrogens with zero attached hydrogens (tertiary/aromatic N) is 2. The van der Waals surface area contributed by atoms with Gasteiger partial charge in [0, 0.05) is 5.56 Å². The minimum atomic E-state index is -0.433. The Hall–Kier alpha value is -0.550. The molecule has 0 aliphatic carbocycles. The van der Waals surface area contributed by atoms with E-state index in [-0.39, 0.29) is 15.3 Å². The van der Waals surface area contributed by atoms with Crippen molar-refractivity contribution >= 4 is 46.6 Å². The van der Waals surface area contributed by atoms with Crippen LogP contribution in [0.3, 0.4) is 0 Å². The van der Waals surface area contributed by atoms with Crippen LogP contribution in [0.1, 0.15) is 0 Å². The van der Waals surface area contributed by atoms with Gasteiger partial charge in [-0.1, -0.05) is 46.6 Å². The SMILES string of the molecule is CSc1nc(Cl)c(-c2ccc(F)cc2Cl)c(Cl)n1. The van der Waals surface area contributed by atoms with Crippen LogP contribution < -0.4 is 0 Å². The van der Waals surface area contributed by atoms with Crippen LogP contribution >= 0.6 is 46.6 Å². The molecule has 0 unspecified atom stereocenters. The zero-order valence-corrected chi connectivity index (χ0v) is 12.1. The Balaban J connectivity index is 2.64. The topological polar surface area (TPSA) is 25.8 Å². The summed E-state index contributed by atoms with van der Waals surface area (Å²) in [6.45, 7) is 0. The van der Waals surface area contributed by atoms with E-state index in [0.29, 0.717) is 16.3 Å². The highest BCUT2D eigenvalue weighted by molar-refractivity contribution is 7.98. The van der Waals surface area contributed by atoms with Crippen molar-refractivity contribution in [2.75, 3.05) is 6.26 Å². The van der Waals surface area contributed by atoms with Gasteiger partial charge < -0.3 is 0 Å². The first kappa shape index (κ1) is 13.9. The Morgan fingerprint density at radius 1 is 1.11 bits per heavy atom. The molecule has 94 valence electrons. The molecule has 1 aromatic heterocycles. The molecule has 18 heavy (non-hydrogen) atoms. The van der Waals surface area contributed by atoms with Gasteiger partial charge in [-0.2, -0.15) is 0 Å². The summed E-state index contributed by atoms with van der Waals surface area (Å²) >= 11 is 19.4. The number of aromatic nitrogens is 2. The van der Waals surface area contributed by atoms with Crippen molar-refractivity contribution in [1.82, 2.24) is 9.97 Å². The van der Waals surface area contributed by atoms with Gasteiger partial charge in [0.05, 0.1) is 10.6 Å². The highest BCUT2D eigenvalue weighted by Crippen LogP contribution is 2.37. The average molecular weight is 324 g/mol. The van der Waals surface area contributed by atoms with E-state index in [9.17, 15) is 4.39 Å². The maximum Gasteiger partial charge on any atom is 0.190 e. The molecule has 7 heteroatoms. The molecular weight excluding hydrogens is 318 g/mol. The molecule has 0 atom stereocenters. The summed E-state index contributed by atoms with van der Waals surface area (Å²) in [6.07, 6.45) is 1.81. The second-order valence-electron chi connectivity index (χ2n) is 3.29. The number of hydrogen-bond donors (Lipinski definition) is 0. The lowest BCUT2D eigenvalue weighted by Crippen LogP contribution is -1.93. The van der Waals surface area contributed by atoms with Crippen LogP contribution in [0.4, 0.5) is 4.39 Å². The van der Waals surface area contributed by atoms with Crippen LogP contribution in [-0.4, -0.2) is 16.2 Å². The molecule has 0 saturated heterocycles. The van der Waals surface area contributed by atoms with Crippen LogP contribution in [0, 0.1) is 5.82 Å². The van der Waals surface area contributed by atoms with E-state index in [2.05, 4.69) is 9.97 Å². The fourth-order valence-corrected chi connectivity index (χ4v) is 2.71. The third-order valence-corrected chi connectivity index (χ3v) is 3.59. The lowest BCUT2D eigenvalue weighted by atomic mass is 10.1. The van der Waals surface area contributed by atoms with Crippen LogP contribution in [-0.2, 0) is 0 Å². The van der Waals surface area contributed by atoms with E-state index in [4.69, 9.17) is 34.8 Å². The van der Waals surface area contributed by atoms with Crippen molar-refractivity contribution in [3.63, 3.8) is 0 Å². The van der Waals surface area contributed by atoms with Crippen LogP contribution in [0.2, 0.25) is 15.3 Å². The summed E-state index contributed by atoms with van der Waals surface area (Å²) in [7, 11) is 0. The number of benzene rings is 1. The third-order valence-electron chi connectivity index (χ3n) is 2.18. The van der Waals surface area contributed by atoms with Crippen molar-refractivity contribution in [3.8, 4) is 11.1 Å². The number of hydrogen-bond acceptors (Lipinski definition) is 3. The molecule has 0 fully saturated rings. The third kappa shape index (κ3) is 2.72. The molecular formula is C11H6Cl3FN2S. The molecule has 0 radical (unpaired) electrons. The Morgan fingerprint density at radius 2 is 1.72 bits per heavy atom. The lowest BCUT2D eigenvalue weighted by Gasteiger charge is -2.09. The van der Waals surface area contributed by atoms with Gasteiger partial charge in [-0.15, -0.1) is 0 Å². The van der Waals surface area contributed by atoms with E-state index in [0.717, 1.165) is 0 Å². The van der Waals surface area contributed by atoms with E-state index >= 15 is 0 Å². The minimum absolute atomic E-state index is 0.188. The first-order valence-electron chi connectivity index (χ1n) is 4.75. The van der Waals surface area contributed by atoms with Crippen molar-refractivity contribution in [2.24, 2.45) is 0 Å². The van der Waals surface area contributed by atoms with E-state index < -0.39 is 5.82 Å². The Morgan fingerprint density at radius 3 is 2.22 bits per heavy atom. The normalized spacial score (nSPS) is 10.7. The summed E-state index contributed by atoms with van der Waals surface area (Å²) in [5.41, 5.74) is 0.904. The summed E-state index contributed by atoms with van der Waals surface area (Å²) in [4.78, 5) is 8.15. The van der Waals surface area contributed by atoms with Gasteiger partial charge in [-0.25, -0.2) is 14.4 Å². The highest BCUT2D eigenvalue weighted by atomic mass is 35.5. The van der Waals surface area contributed by atoms with Crippen molar-refractivity contribution in [1.29, 1.82) is 0 Å². The van der Waals surface area contributed by atoms with E-state index in [1.54, 1.807) is 0 Å². The zero-order valence-electron chi connectivity index (χ0n) is 9.05. The van der Waals surface area contributed by atoms with Gasteiger partial charge in [0.25, 0.3) is 0 Å². The second kappa shape index (κ2) is 5.61. The maximum atomic E-state index is 13.0. The summed E-state index contributed by atoms with van der Waals surface area (Å²) < 4.78 is 13.0. The molecule has 2 nitrogen and oxygen atoms in total. The average Bonchev–Trinajstić information content (AvgIpc) is 2.30. The monoisotopic (exact) mass is 322 g/mol. The van der Waals surface area contributed by atoms with Gasteiger partial charge in [0.2, 0.25) is 0 Å². The Labute approximate surface area is 122 Å². The highest BCUT2D eigenvalue weighted by Gasteiger charge is 2.16. The van der Waals surface area contributed by atoms with Crippen LogP contribution in [0.5, 0.6) is 0 Å². The molecule has 0 saturated carbocycles. The maximum absolute atomic E-state index is 13.0. The van der Waals surface area contributed by atoms with Gasteiger partial charge in [-0.3, -0.25) is 0 Å². The molecule has 0 spiro atoms. The van der Waals surface area contributed by atoms with E-state index in [1.165, 1.54) is 30.0 Å². The first-order chi connectivity index (χ1) is 8.52. The predicted octanol–water partition coefficient (Wildman–Crippen LogP) is 4.96. The minimum Gasteiger partial charge on any atom is -0.210 e. The Bertz CT molecular complexity index is 584. The van der Waals surface area contributed by atoms with Gasteiger partial charge >= 0.3 is 0 Å². The van der Waals surface area contributed by atoms with Gasteiger partial charge in [0.1, 0.15) is 16.1 Å². The van der Waals surface area contributed by atoms with E-state index in [1.807, 2.05) is 6.26 Å². The first-order valence-corrected chi connectivity index (χ1v) is 7.11. The molecule has 1 aromatic carbocycles. The molecule has 0 amide bonds. The summed E-state index contributed by atoms with van der Waals surface area (Å²) in [6, 6.07) is 3.95. The molecule has 0 N–H and O–H groups in total. The Kier molecular flexibility index (Phi) is 4.33.